The summed E-state index contributed by atoms with van der Waals surface area (Å²) >= 11 is 0. The highest BCUT2D eigenvalue weighted by Crippen LogP contribution is 2.31. The van der Waals surface area contributed by atoms with E-state index in [1.807, 2.05) is 12.1 Å². The molecule has 4 aromatic carbocycles. The quantitative estimate of drug-likeness (QED) is 0.305. The number of likely N-dealkylation sites (N-methyl/N-ethyl adjacent to an activating group) is 1. The third kappa shape index (κ3) is 6.19. The minimum Gasteiger partial charge on any atom is -0.391 e. The second-order valence-electron chi connectivity index (χ2n) is 8.63. The molecule has 33 heavy (non-hydrogen) atoms. The molecule has 0 radical (unpaired) electrons. The van der Waals surface area contributed by atoms with E-state index in [9.17, 15) is 5.11 Å². The van der Waals surface area contributed by atoms with Gasteiger partial charge in [-0.25, -0.2) is 0 Å². The number of hydrogen-bond acceptors (Lipinski definition) is 2. The van der Waals surface area contributed by atoms with Gasteiger partial charge < -0.3 is 5.11 Å². The van der Waals surface area contributed by atoms with Gasteiger partial charge in [-0.05, 0) is 40.8 Å². The van der Waals surface area contributed by atoms with Gasteiger partial charge in [0, 0.05) is 19.0 Å². The highest BCUT2D eigenvalue weighted by atomic mass is 16.3. The fourth-order valence-corrected chi connectivity index (χ4v) is 4.55. The molecule has 1 unspecified atom stereocenters. The van der Waals surface area contributed by atoms with Crippen molar-refractivity contribution in [2.24, 2.45) is 0 Å². The molecule has 168 valence electrons. The maximum Gasteiger partial charge on any atom is 0.0738 e. The zero-order chi connectivity index (χ0) is 22.9. The van der Waals surface area contributed by atoms with Crippen molar-refractivity contribution in [1.29, 1.82) is 0 Å². The van der Waals surface area contributed by atoms with Crippen LogP contribution in [0.15, 0.2) is 115 Å². The van der Waals surface area contributed by atoms with Crippen LogP contribution in [0.3, 0.4) is 0 Å². The molecular weight excluding hydrogens is 402 g/mol. The largest absolute Gasteiger partial charge is 0.391 e. The van der Waals surface area contributed by atoms with Gasteiger partial charge in [0.05, 0.1) is 6.10 Å². The van der Waals surface area contributed by atoms with Crippen LogP contribution in [0.25, 0.3) is 11.1 Å². The van der Waals surface area contributed by atoms with E-state index in [-0.39, 0.29) is 5.92 Å². The first-order valence-corrected chi connectivity index (χ1v) is 11.9. The highest BCUT2D eigenvalue weighted by Gasteiger charge is 2.24. The van der Waals surface area contributed by atoms with Crippen molar-refractivity contribution in [3.05, 3.63) is 132 Å². The Bertz CT molecular complexity index is 1100. The summed E-state index contributed by atoms with van der Waals surface area (Å²) in [5, 5.41) is 11.5. The van der Waals surface area contributed by atoms with Crippen molar-refractivity contribution in [3.8, 4) is 11.1 Å². The molecule has 2 nitrogen and oxygen atoms in total. The Kier molecular flexibility index (Phi) is 8.08. The summed E-state index contributed by atoms with van der Waals surface area (Å²) in [5.41, 5.74) is 6.18. The molecule has 0 saturated heterocycles. The summed E-state index contributed by atoms with van der Waals surface area (Å²) in [4.78, 5) is 2.33. The number of nitrogens with zero attached hydrogens (tertiary/aromatic N) is 1. The molecule has 4 rings (SSSR count). The van der Waals surface area contributed by atoms with Gasteiger partial charge in [0.15, 0.2) is 0 Å². The normalized spacial score (nSPS) is 13.1. The van der Waals surface area contributed by atoms with Crippen LogP contribution < -0.4 is 0 Å². The maximum absolute atomic E-state index is 11.5. The van der Waals surface area contributed by atoms with Gasteiger partial charge in [0.25, 0.3) is 0 Å². The van der Waals surface area contributed by atoms with Crippen LogP contribution in [0.1, 0.15) is 29.5 Å². The minimum absolute atomic E-state index is 0.0147. The topological polar surface area (TPSA) is 23.5 Å². The van der Waals surface area contributed by atoms with E-state index >= 15 is 0 Å². The first-order chi connectivity index (χ1) is 16.2. The summed E-state index contributed by atoms with van der Waals surface area (Å²) in [6, 6.07) is 40.1. The Hall–Kier alpha value is -3.20. The lowest BCUT2D eigenvalue weighted by Crippen LogP contribution is -2.36. The number of benzene rings is 4. The van der Waals surface area contributed by atoms with Crippen LogP contribution in [0.4, 0.5) is 0 Å². The Balaban J connectivity index is 1.59. The third-order valence-electron chi connectivity index (χ3n) is 6.38. The Labute approximate surface area is 198 Å². The Morgan fingerprint density at radius 1 is 0.697 bits per heavy atom. The summed E-state index contributed by atoms with van der Waals surface area (Å²) < 4.78 is 0. The van der Waals surface area contributed by atoms with Gasteiger partial charge in [-0.1, -0.05) is 122 Å². The zero-order valence-corrected chi connectivity index (χ0v) is 19.3. The van der Waals surface area contributed by atoms with Gasteiger partial charge in [0.1, 0.15) is 0 Å². The van der Waals surface area contributed by atoms with Crippen LogP contribution >= 0.6 is 0 Å². The smallest absolute Gasteiger partial charge is 0.0738 e. The number of hydrogen-bond donors (Lipinski definition) is 1. The van der Waals surface area contributed by atoms with Crippen LogP contribution in [0, 0.1) is 0 Å². The van der Waals surface area contributed by atoms with Gasteiger partial charge >= 0.3 is 0 Å². The Morgan fingerprint density at radius 2 is 1.27 bits per heavy atom. The average molecular weight is 436 g/mol. The molecule has 0 aliphatic rings. The van der Waals surface area contributed by atoms with Gasteiger partial charge in [0.2, 0.25) is 0 Å². The van der Waals surface area contributed by atoms with Crippen LogP contribution in [0.5, 0.6) is 0 Å². The average Bonchev–Trinajstić information content (AvgIpc) is 2.88. The second-order valence-corrected chi connectivity index (χ2v) is 8.63. The van der Waals surface area contributed by atoms with E-state index in [4.69, 9.17) is 0 Å². The highest BCUT2D eigenvalue weighted by molar-refractivity contribution is 5.67. The SMILES string of the molecule is CCN(Cc1ccccc1)C[C@H](O)C(Cc1ccccc1-c1ccccc1)c1ccccc1. The van der Waals surface area contributed by atoms with Crippen molar-refractivity contribution in [2.45, 2.75) is 31.9 Å². The predicted molar refractivity (Wildman–Crippen MR) is 138 cm³/mol. The molecule has 0 aromatic heterocycles. The zero-order valence-electron chi connectivity index (χ0n) is 19.3. The molecule has 0 bridgehead atoms. The van der Waals surface area contributed by atoms with Gasteiger partial charge in [-0.2, -0.15) is 0 Å². The van der Waals surface area contributed by atoms with Crippen LogP contribution in [-0.4, -0.2) is 29.2 Å². The first kappa shape index (κ1) is 23.0. The van der Waals surface area contributed by atoms with Crippen molar-refractivity contribution >= 4 is 0 Å². The lowest BCUT2D eigenvalue weighted by molar-refractivity contribution is 0.0883. The van der Waals surface area contributed by atoms with E-state index < -0.39 is 6.10 Å². The third-order valence-corrected chi connectivity index (χ3v) is 6.38. The van der Waals surface area contributed by atoms with Gasteiger partial charge in [-0.15, -0.1) is 0 Å². The van der Waals surface area contributed by atoms with Crippen LogP contribution in [-0.2, 0) is 13.0 Å². The Morgan fingerprint density at radius 3 is 1.94 bits per heavy atom. The summed E-state index contributed by atoms with van der Waals surface area (Å²) in [5.74, 6) is 0.0147. The molecule has 1 N–H and O–H groups in total. The second kappa shape index (κ2) is 11.6. The maximum atomic E-state index is 11.5. The molecule has 2 heteroatoms. The lowest BCUT2D eigenvalue weighted by atomic mass is 9.84. The van der Waals surface area contributed by atoms with E-state index in [1.54, 1.807) is 0 Å². The fraction of sp³-hybridized carbons (Fsp3) is 0.226. The molecule has 0 heterocycles. The summed E-state index contributed by atoms with van der Waals surface area (Å²) in [7, 11) is 0. The number of aliphatic hydroxyl groups is 1. The standard InChI is InChI=1S/C31H33NO/c1-2-32(23-25-14-6-3-7-15-25)24-31(33)30(27-18-10-5-11-19-27)22-28-20-12-13-21-29(28)26-16-8-4-9-17-26/h3-21,30-31,33H,2,22-24H2,1H3/t30?,31-/m0/s1. The number of aliphatic hydroxyl groups excluding tert-OH is 1. The monoisotopic (exact) mass is 435 g/mol. The van der Waals surface area contributed by atoms with E-state index in [0.29, 0.717) is 6.54 Å². The lowest BCUT2D eigenvalue weighted by Gasteiger charge is -2.30. The molecule has 0 saturated carbocycles. The summed E-state index contributed by atoms with van der Waals surface area (Å²) in [6.45, 7) is 4.54. The van der Waals surface area contributed by atoms with E-state index in [1.165, 1.54) is 27.8 Å². The molecule has 2 atom stereocenters. The van der Waals surface area contributed by atoms with E-state index in [0.717, 1.165) is 19.5 Å². The van der Waals surface area contributed by atoms with Crippen LogP contribution in [0.2, 0.25) is 0 Å². The van der Waals surface area contributed by atoms with Crippen molar-refractivity contribution in [2.75, 3.05) is 13.1 Å². The predicted octanol–water partition coefficient (Wildman–Crippen LogP) is 6.56. The molecule has 0 spiro atoms. The number of rotatable bonds is 10. The molecule has 0 aliphatic heterocycles. The minimum atomic E-state index is -0.472. The molecule has 0 fully saturated rings. The molecule has 0 aliphatic carbocycles. The van der Waals surface area contributed by atoms with Gasteiger partial charge in [-0.3, -0.25) is 4.90 Å². The molecule has 4 aromatic rings. The fourth-order valence-electron chi connectivity index (χ4n) is 4.55. The summed E-state index contributed by atoms with van der Waals surface area (Å²) in [6.07, 6.45) is 0.318. The van der Waals surface area contributed by atoms with Crippen molar-refractivity contribution < 1.29 is 5.11 Å². The van der Waals surface area contributed by atoms with Crippen molar-refractivity contribution in [3.63, 3.8) is 0 Å². The molecule has 0 amide bonds. The van der Waals surface area contributed by atoms with Crippen molar-refractivity contribution in [1.82, 2.24) is 4.90 Å². The van der Waals surface area contributed by atoms with E-state index in [2.05, 4.69) is 115 Å². The molecular formula is C31H33NO. The first-order valence-electron chi connectivity index (χ1n) is 11.9.